The Labute approximate surface area is 88.3 Å². The van der Waals surface area contributed by atoms with E-state index in [-0.39, 0.29) is 0 Å². The third-order valence-electron chi connectivity index (χ3n) is 2.63. The lowest BCUT2D eigenvalue weighted by Gasteiger charge is -2.07. The first-order valence-electron chi connectivity index (χ1n) is 5.91. The molecule has 0 fully saturated rings. The van der Waals surface area contributed by atoms with Gasteiger partial charge in [0, 0.05) is 12.5 Å². The molecule has 0 saturated heterocycles. The average Bonchev–Trinajstić information content (AvgIpc) is 2.15. The highest BCUT2D eigenvalue weighted by atomic mass is 16.1. The number of nitrogens with two attached hydrogens (primary N) is 1. The minimum absolute atomic E-state index is 0.318. The number of ketones is 1. The third kappa shape index (κ3) is 9.72. The van der Waals surface area contributed by atoms with E-state index < -0.39 is 0 Å². The standard InChI is InChI=1S/C12H25NO/c1-3-12(13)10-8-6-4-5-7-9-11(2)14/h12H,3-10,13H2,1-2H3. The molecule has 14 heavy (non-hydrogen) atoms. The summed E-state index contributed by atoms with van der Waals surface area (Å²) in [6.45, 7) is 3.80. The molecule has 0 amide bonds. The summed E-state index contributed by atoms with van der Waals surface area (Å²) in [6.07, 6.45) is 9.03. The summed E-state index contributed by atoms with van der Waals surface area (Å²) < 4.78 is 0. The Kier molecular flexibility index (Phi) is 8.95. The molecule has 0 aliphatic carbocycles. The van der Waals surface area contributed by atoms with Gasteiger partial charge in [-0.2, -0.15) is 0 Å². The van der Waals surface area contributed by atoms with E-state index in [4.69, 9.17) is 5.73 Å². The Bertz CT molecular complexity index is 145. The van der Waals surface area contributed by atoms with Crippen LogP contribution in [0.5, 0.6) is 0 Å². The summed E-state index contributed by atoms with van der Waals surface area (Å²) in [6, 6.07) is 0.396. The van der Waals surface area contributed by atoms with Crippen molar-refractivity contribution >= 4 is 5.78 Å². The number of carbonyl (C=O) groups excluding carboxylic acids is 1. The molecule has 2 heteroatoms. The van der Waals surface area contributed by atoms with Crippen LogP contribution >= 0.6 is 0 Å². The fraction of sp³-hybridized carbons (Fsp3) is 0.917. The van der Waals surface area contributed by atoms with Crippen LogP contribution in [0.25, 0.3) is 0 Å². The SMILES string of the molecule is CCC(N)CCCCCCCC(C)=O. The van der Waals surface area contributed by atoms with Crippen molar-refractivity contribution in [3.63, 3.8) is 0 Å². The Morgan fingerprint density at radius 2 is 1.71 bits per heavy atom. The van der Waals surface area contributed by atoms with E-state index in [2.05, 4.69) is 6.92 Å². The van der Waals surface area contributed by atoms with E-state index in [9.17, 15) is 4.79 Å². The monoisotopic (exact) mass is 199 g/mol. The van der Waals surface area contributed by atoms with Crippen molar-refractivity contribution < 1.29 is 4.79 Å². The molecule has 0 saturated carbocycles. The van der Waals surface area contributed by atoms with Crippen molar-refractivity contribution in [2.75, 3.05) is 0 Å². The van der Waals surface area contributed by atoms with E-state index in [0.29, 0.717) is 11.8 Å². The highest BCUT2D eigenvalue weighted by molar-refractivity contribution is 5.75. The van der Waals surface area contributed by atoms with Crippen LogP contribution in [0.1, 0.15) is 65.2 Å². The van der Waals surface area contributed by atoms with Crippen LogP contribution in [-0.2, 0) is 4.79 Å². The van der Waals surface area contributed by atoms with Crippen molar-refractivity contribution in [2.24, 2.45) is 5.73 Å². The molecular formula is C12H25NO. The Hall–Kier alpha value is -0.370. The highest BCUT2D eigenvalue weighted by Crippen LogP contribution is 2.09. The number of carbonyl (C=O) groups is 1. The second-order valence-corrected chi connectivity index (χ2v) is 4.18. The first-order chi connectivity index (χ1) is 6.66. The summed E-state index contributed by atoms with van der Waals surface area (Å²) in [7, 11) is 0. The van der Waals surface area contributed by atoms with Crippen LogP contribution in [0, 0.1) is 0 Å². The van der Waals surface area contributed by atoms with Gasteiger partial charge in [-0.25, -0.2) is 0 Å². The topological polar surface area (TPSA) is 43.1 Å². The van der Waals surface area contributed by atoms with Crippen molar-refractivity contribution in [3.05, 3.63) is 0 Å². The summed E-state index contributed by atoms with van der Waals surface area (Å²) >= 11 is 0. The lowest BCUT2D eigenvalue weighted by Crippen LogP contribution is -2.17. The van der Waals surface area contributed by atoms with Crippen LogP contribution in [-0.4, -0.2) is 11.8 Å². The summed E-state index contributed by atoms with van der Waals surface area (Å²) in [5.41, 5.74) is 5.81. The maximum absolute atomic E-state index is 10.6. The second-order valence-electron chi connectivity index (χ2n) is 4.18. The van der Waals surface area contributed by atoms with Crippen LogP contribution in [0.2, 0.25) is 0 Å². The molecule has 1 atom stereocenters. The first-order valence-corrected chi connectivity index (χ1v) is 5.91. The number of hydrogen-bond donors (Lipinski definition) is 1. The number of hydrogen-bond acceptors (Lipinski definition) is 2. The molecule has 0 aliphatic heterocycles. The van der Waals surface area contributed by atoms with E-state index in [0.717, 1.165) is 25.7 Å². The summed E-state index contributed by atoms with van der Waals surface area (Å²) in [5, 5.41) is 0. The molecule has 2 nitrogen and oxygen atoms in total. The molecule has 0 aromatic rings. The van der Waals surface area contributed by atoms with E-state index in [1.165, 1.54) is 25.7 Å². The molecule has 0 radical (unpaired) electrons. The van der Waals surface area contributed by atoms with Gasteiger partial charge >= 0.3 is 0 Å². The molecule has 84 valence electrons. The molecule has 0 heterocycles. The van der Waals surface area contributed by atoms with Gasteiger partial charge < -0.3 is 10.5 Å². The molecule has 0 rings (SSSR count). The zero-order valence-corrected chi connectivity index (χ0v) is 9.72. The largest absolute Gasteiger partial charge is 0.328 e. The zero-order chi connectivity index (χ0) is 10.8. The maximum Gasteiger partial charge on any atom is 0.129 e. The summed E-state index contributed by atoms with van der Waals surface area (Å²) in [4.78, 5) is 10.6. The van der Waals surface area contributed by atoms with Gasteiger partial charge in [-0.3, -0.25) is 0 Å². The highest BCUT2D eigenvalue weighted by Gasteiger charge is 1.98. The van der Waals surface area contributed by atoms with E-state index in [1.807, 2.05) is 0 Å². The molecular weight excluding hydrogens is 174 g/mol. The molecule has 0 aliphatic rings. The minimum Gasteiger partial charge on any atom is -0.328 e. The Morgan fingerprint density at radius 1 is 1.14 bits per heavy atom. The van der Waals surface area contributed by atoms with Gasteiger partial charge in [0.2, 0.25) is 0 Å². The lowest BCUT2D eigenvalue weighted by atomic mass is 10.0. The molecule has 0 aromatic heterocycles. The third-order valence-corrected chi connectivity index (χ3v) is 2.63. The molecule has 2 N–H and O–H groups in total. The van der Waals surface area contributed by atoms with Gasteiger partial charge in [-0.15, -0.1) is 0 Å². The van der Waals surface area contributed by atoms with Crippen LogP contribution in [0.4, 0.5) is 0 Å². The molecule has 0 bridgehead atoms. The minimum atomic E-state index is 0.318. The molecule has 0 aromatic carbocycles. The van der Waals surface area contributed by atoms with Gasteiger partial charge in [0.05, 0.1) is 0 Å². The van der Waals surface area contributed by atoms with Crippen molar-refractivity contribution in [3.8, 4) is 0 Å². The van der Waals surface area contributed by atoms with Crippen LogP contribution < -0.4 is 5.73 Å². The van der Waals surface area contributed by atoms with E-state index >= 15 is 0 Å². The average molecular weight is 199 g/mol. The quantitative estimate of drug-likeness (QED) is 0.580. The van der Waals surface area contributed by atoms with Gasteiger partial charge in [-0.05, 0) is 26.2 Å². The maximum atomic E-state index is 10.6. The van der Waals surface area contributed by atoms with Crippen LogP contribution in [0.3, 0.4) is 0 Å². The van der Waals surface area contributed by atoms with Crippen molar-refractivity contribution in [1.82, 2.24) is 0 Å². The van der Waals surface area contributed by atoms with E-state index in [1.54, 1.807) is 6.92 Å². The molecule has 0 spiro atoms. The number of Topliss-reactive ketones (excluding diaryl/α,β-unsaturated/α-hetero) is 1. The van der Waals surface area contributed by atoms with Gasteiger partial charge in [0.1, 0.15) is 5.78 Å². The van der Waals surface area contributed by atoms with Gasteiger partial charge in [-0.1, -0.05) is 32.6 Å². The number of rotatable bonds is 9. The van der Waals surface area contributed by atoms with Gasteiger partial charge in [0.15, 0.2) is 0 Å². The van der Waals surface area contributed by atoms with Crippen molar-refractivity contribution in [1.29, 1.82) is 0 Å². The molecule has 1 unspecified atom stereocenters. The zero-order valence-electron chi connectivity index (χ0n) is 9.72. The predicted octanol–water partition coefficient (Wildman–Crippen LogP) is 3.04. The lowest BCUT2D eigenvalue weighted by molar-refractivity contribution is -0.117. The summed E-state index contributed by atoms with van der Waals surface area (Å²) in [5.74, 6) is 0.318. The van der Waals surface area contributed by atoms with Crippen molar-refractivity contribution in [2.45, 2.75) is 71.3 Å². The number of unbranched alkanes of at least 4 members (excludes halogenated alkanes) is 4. The second kappa shape index (κ2) is 9.20. The van der Waals surface area contributed by atoms with Crippen LogP contribution in [0.15, 0.2) is 0 Å². The smallest absolute Gasteiger partial charge is 0.129 e. The fourth-order valence-electron chi connectivity index (χ4n) is 1.51. The fourth-order valence-corrected chi connectivity index (χ4v) is 1.51. The first kappa shape index (κ1) is 13.6. The Balaban J connectivity index is 3.02. The normalized spacial score (nSPS) is 12.8. The Morgan fingerprint density at radius 3 is 2.29 bits per heavy atom. The predicted molar refractivity (Wildman–Crippen MR) is 61.3 cm³/mol. The van der Waals surface area contributed by atoms with Gasteiger partial charge in [0.25, 0.3) is 0 Å².